The van der Waals surface area contributed by atoms with E-state index >= 15 is 0 Å². The van der Waals surface area contributed by atoms with Crippen molar-refractivity contribution >= 4 is 5.96 Å². The molecule has 0 aliphatic carbocycles. The predicted molar refractivity (Wildman–Crippen MR) is 126 cm³/mol. The van der Waals surface area contributed by atoms with Gasteiger partial charge in [0.15, 0.2) is 5.96 Å². The summed E-state index contributed by atoms with van der Waals surface area (Å²) >= 11 is 0. The molecule has 0 saturated carbocycles. The highest BCUT2D eigenvalue weighted by atomic mass is 16.5. The SMILES string of the molecule is CN=C(NCCc1ccc(OCC(C)C)cc1)N1CCC(OCC2CCCCO2)CC1. The van der Waals surface area contributed by atoms with Crippen molar-refractivity contribution < 1.29 is 14.2 Å². The van der Waals surface area contributed by atoms with Crippen molar-refractivity contribution in [2.45, 2.75) is 64.6 Å². The van der Waals surface area contributed by atoms with E-state index in [2.05, 4.69) is 53.3 Å². The lowest BCUT2D eigenvalue weighted by atomic mass is 10.1. The highest BCUT2D eigenvalue weighted by molar-refractivity contribution is 5.79. The van der Waals surface area contributed by atoms with Gasteiger partial charge in [-0.25, -0.2) is 0 Å². The van der Waals surface area contributed by atoms with Gasteiger partial charge in [0.2, 0.25) is 0 Å². The summed E-state index contributed by atoms with van der Waals surface area (Å²) in [5.74, 6) is 2.48. The van der Waals surface area contributed by atoms with Gasteiger partial charge < -0.3 is 24.4 Å². The quantitative estimate of drug-likeness (QED) is 0.475. The Morgan fingerprint density at radius 1 is 1.16 bits per heavy atom. The number of likely N-dealkylation sites (tertiary alicyclic amines) is 1. The summed E-state index contributed by atoms with van der Waals surface area (Å²) in [4.78, 5) is 6.84. The Hall–Kier alpha value is -1.79. The number of guanidine groups is 1. The fourth-order valence-corrected chi connectivity index (χ4v) is 4.08. The normalized spacial score (nSPS) is 20.8. The second kappa shape index (κ2) is 12.9. The Labute approximate surface area is 188 Å². The monoisotopic (exact) mass is 431 g/mol. The Balaban J connectivity index is 1.33. The van der Waals surface area contributed by atoms with Crippen LogP contribution < -0.4 is 10.1 Å². The van der Waals surface area contributed by atoms with E-state index in [-0.39, 0.29) is 0 Å². The molecule has 2 heterocycles. The van der Waals surface area contributed by atoms with Crippen LogP contribution in [0.3, 0.4) is 0 Å². The molecule has 2 fully saturated rings. The summed E-state index contributed by atoms with van der Waals surface area (Å²) in [7, 11) is 1.87. The number of hydrogen-bond donors (Lipinski definition) is 1. The fourth-order valence-electron chi connectivity index (χ4n) is 4.08. The summed E-state index contributed by atoms with van der Waals surface area (Å²) in [6.45, 7) is 9.56. The van der Waals surface area contributed by atoms with Crippen LogP contribution in [0.15, 0.2) is 29.3 Å². The van der Waals surface area contributed by atoms with Crippen LogP contribution in [-0.2, 0) is 15.9 Å². The van der Waals surface area contributed by atoms with Gasteiger partial charge >= 0.3 is 0 Å². The third kappa shape index (κ3) is 8.34. The van der Waals surface area contributed by atoms with Gasteiger partial charge in [-0.3, -0.25) is 4.99 Å². The lowest BCUT2D eigenvalue weighted by Gasteiger charge is -2.35. The minimum absolute atomic E-state index is 0.303. The number of benzene rings is 1. The number of nitrogens with zero attached hydrogens (tertiary/aromatic N) is 2. The third-order valence-corrected chi connectivity index (χ3v) is 5.95. The van der Waals surface area contributed by atoms with Crippen LogP contribution >= 0.6 is 0 Å². The molecule has 0 spiro atoms. The first-order chi connectivity index (χ1) is 15.1. The molecular weight excluding hydrogens is 390 g/mol. The molecule has 1 aromatic rings. The maximum Gasteiger partial charge on any atom is 0.193 e. The molecule has 2 saturated heterocycles. The van der Waals surface area contributed by atoms with E-state index in [1.165, 1.54) is 18.4 Å². The number of hydrogen-bond acceptors (Lipinski definition) is 4. The van der Waals surface area contributed by atoms with Crippen LogP contribution in [0.5, 0.6) is 5.75 Å². The largest absolute Gasteiger partial charge is 0.493 e. The first kappa shape index (κ1) is 23.9. The van der Waals surface area contributed by atoms with E-state index < -0.39 is 0 Å². The molecule has 31 heavy (non-hydrogen) atoms. The Morgan fingerprint density at radius 2 is 1.94 bits per heavy atom. The Kier molecular flexibility index (Phi) is 9.94. The van der Waals surface area contributed by atoms with Gasteiger partial charge in [0.05, 0.1) is 25.4 Å². The van der Waals surface area contributed by atoms with Gasteiger partial charge in [0.25, 0.3) is 0 Å². The van der Waals surface area contributed by atoms with E-state index in [1.807, 2.05) is 7.05 Å². The van der Waals surface area contributed by atoms with Crippen LogP contribution in [0.25, 0.3) is 0 Å². The van der Waals surface area contributed by atoms with E-state index in [0.717, 1.165) is 76.8 Å². The molecule has 6 nitrogen and oxygen atoms in total. The van der Waals surface area contributed by atoms with Crippen molar-refractivity contribution in [3.63, 3.8) is 0 Å². The van der Waals surface area contributed by atoms with E-state index in [1.54, 1.807) is 0 Å². The molecule has 1 unspecified atom stereocenters. The van der Waals surface area contributed by atoms with Gasteiger partial charge in [0, 0.05) is 33.3 Å². The number of piperidine rings is 1. The smallest absolute Gasteiger partial charge is 0.193 e. The summed E-state index contributed by atoms with van der Waals surface area (Å²) in [5, 5.41) is 3.52. The van der Waals surface area contributed by atoms with E-state index in [4.69, 9.17) is 14.2 Å². The lowest BCUT2D eigenvalue weighted by Crippen LogP contribution is -2.47. The van der Waals surface area contributed by atoms with Crippen molar-refractivity contribution in [1.82, 2.24) is 10.2 Å². The highest BCUT2D eigenvalue weighted by Gasteiger charge is 2.23. The number of rotatable bonds is 9. The van der Waals surface area contributed by atoms with Gasteiger partial charge in [-0.15, -0.1) is 0 Å². The van der Waals surface area contributed by atoms with Crippen LogP contribution in [0, 0.1) is 5.92 Å². The average molecular weight is 432 g/mol. The topological polar surface area (TPSA) is 55.3 Å². The van der Waals surface area contributed by atoms with Crippen LogP contribution in [-0.4, -0.2) is 69.6 Å². The molecule has 0 radical (unpaired) electrons. The van der Waals surface area contributed by atoms with E-state index in [9.17, 15) is 0 Å². The highest BCUT2D eigenvalue weighted by Crippen LogP contribution is 2.18. The third-order valence-electron chi connectivity index (χ3n) is 5.95. The number of aliphatic imine (C=N–C) groups is 1. The second-order valence-electron chi connectivity index (χ2n) is 9.08. The molecule has 3 rings (SSSR count). The molecule has 174 valence electrons. The maximum absolute atomic E-state index is 6.14. The minimum atomic E-state index is 0.303. The zero-order valence-corrected chi connectivity index (χ0v) is 19.6. The summed E-state index contributed by atoms with van der Waals surface area (Å²) < 4.78 is 17.7. The lowest BCUT2D eigenvalue weighted by molar-refractivity contribution is -0.0721. The zero-order chi connectivity index (χ0) is 21.9. The van der Waals surface area contributed by atoms with Gasteiger partial charge in [0.1, 0.15) is 5.75 Å². The van der Waals surface area contributed by atoms with Crippen LogP contribution in [0.2, 0.25) is 0 Å². The Bertz CT molecular complexity index is 648. The average Bonchev–Trinajstić information content (AvgIpc) is 2.81. The van der Waals surface area contributed by atoms with Crippen molar-refractivity contribution in [1.29, 1.82) is 0 Å². The summed E-state index contributed by atoms with van der Waals surface area (Å²) in [6, 6.07) is 8.43. The molecule has 0 bridgehead atoms. The van der Waals surface area contributed by atoms with Crippen molar-refractivity contribution in [2.75, 3.05) is 46.5 Å². The minimum Gasteiger partial charge on any atom is -0.493 e. The predicted octanol–water partition coefficient (Wildman–Crippen LogP) is 3.89. The molecule has 0 aromatic heterocycles. The van der Waals surface area contributed by atoms with Crippen molar-refractivity contribution in [2.24, 2.45) is 10.9 Å². The second-order valence-corrected chi connectivity index (χ2v) is 9.08. The Morgan fingerprint density at radius 3 is 2.58 bits per heavy atom. The summed E-state index contributed by atoms with van der Waals surface area (Å²) in [5.41, 5.74) is 1.30. The summed E-state index contributed by atoms with van der Waals surface area (Å²) in [6.07, 6.45) is 7.31. The molecule has 1 atom stereocenters. The maximum atomic E-state index is 6.14. The molecule has 1 N–H and O–H groups in total. The van der Waals surface area contributed by atoms with E-state index in [0.29, 0.717) is 18.1 Å². The number of nitrogens with one attached hydrogen (secondary N) is 1. The molecule has 2 aliphatic rings. The van der Waals surface area contributed by atoms with Crippen LogP contribution in [0.4, 0.5) is 0 Å². The zero-order valence-electron chi connectivity index (χ0n) is 19.6. The standard InChI is InChI=1S/C25H41N3O3/c1-20(2)18-30-22-9-7-21(8-10-22)11-14-27-25(26-3)28-15-12-23(13-16-28)31-19-24-6-4-5-17-29-24/h7-10,20,23-24H,4-6,11-19H2,1-3H3,(H,26,27). The fraction of sp³-hybridized carbons (Fsp3) is 0.720. The van der Waals surface area contributed by atoms with Gasteiger partial charge in [-0.1, -0.05) is 26.0 Å². The number of ether oxygens (including phenoxy) is 3. The first-order valence-electron chi connectivity index (χ1n) is 12.0. The molecular formula is C25H41N3O3. The van der Waals surface area contributed by atoms with Gasteiger partial charge in [-0.2, -0.15) is 0 Å². The first-order valence-corrected chi connectivity index (χ1v) is 12.0. The van der Waals surface area contributed by atoms with Gasteiger partial charge in [-0.05, 0) is 62.1 Å². The molecule has 6 heteroatoms. The molecule has 2 aliphatic heterocycles. The molecule has 1 aromatic carbocycles. The van der Waals surface area contributed by atoms with Crippen molar-refractivity contribution in [3.05, 3.63) is 29.8 Å². The van der Waals surface area contributed by atoms with Crippen molar-refractivity contribution in [3.8, 4) is 5.75 Å². The molecule has 0 amide bonds. The van der Waals surface area contributed by atoms with Crippen LogP contribution in [0.1, 0.15) is 51.5 Å².